The zero-order chi connectivity index (χ0) is 15.2. The smallest absolute Gasteiger partial charge is 0.322 e. The number of carboxylic acids is 1. The Hall–Kier alpha value is -1.59. The zero-order valence-electron chi connectivity index (χ0n) is 12.2. The van der Waals surface area contributed by atoms with Gasteiger partial charge in [0.25, 0.3) is 0 Å². The van der Waals surface area contributed by atoms with E-state index < -0.39 is 18.4 Å². The van der Waals surface area contributed by atoms with Gasteiger partial charge in [-0.1, -0.05) is 39.0 Å². The molecule has 0 aliphatic rings. The lowest BCUT2D eigenvalue weighted by Gasteiger charge is -2.05. The maximum absolute atomic E-state index is 11.4. The number of nitrogens with one attached hydrogen (secondary N) is 2. The minimum Gasteiger partial charge on any atom is -0.480 e. The van der Waals surface area contributed by atoms with Gasteiger partial charge >= 0.3 is 5.97 Å². The standard InChI is InChI=1S/C14H26N2O4/c1-2-3-4-5-6-7-10-15-12(17)8-9-13(18)16-11-14(19)20/h2-11H2,1H3,(H,15,17)(H,16,18)(H,19,20). The molecule has 0 bridgehead atoms. The van der Waals surface area contributed by atoms with Crippen molar-refractivity contribution in [2.75, 3.05) is 13.1 Å². The molecule has 0 spiro atoms. The molecule has 0 heterocycles. The van der Waals surface area contributed by atoms with Crippen molar-refractivity contribution in [3.63, 3.8) is 0 Å². The van der Waals surface area contributed by atoms with E-state index in [1.54, 1.807) is 0 Å². The first-order valence-electron chi connectivity index (χ1n) is 7.31. The quantitative estimate of drug-likeness (QED) is 0.473. The van der Waals surface area contributed by atoms with Crippen LogP contribution in [0.3, 0.4) is 0 Å². The third-order valence-electron chi connectivity index (χ3n) is 2.87. The molecular formula is C14H26N2O4. The second-order valence-corrected chi connectivity index (χ2v) is 4.79. The second kappa shape index (κ2) is 12.4. The highest BCUT2D eigenvalue weighted by atomic mass is 16.4. The minimum absolute atomic E-state index is 0.0234. The van der Waals surface area contributed by atoms with Crippen molar-refractivity contribution < 1.29 is 19.5 Å². The van der Waals surface area contributed by atoms with E-state index >= 15 is 0 Å². The molecule has 0 saturated heterocycles. The van der Waals surface area contributed by atoms with E-state index in [2.05, 4.69) is 17.6 Å². The van der Waals surface area contributed by atoms with Gasteiger partial charge in [0.2, 0.25) is 11.8 Å². The zero-order valence-corrected chi connectivity index (χ0v) is 12.2. The maximum atomic E-state index is 11.4. The maximum Gasteiger partial charge on any atom is 0.322 e. The summed E-state index contributed by atoms with van der Waals surface area (Å²) >= 11 is 0. The fourth-order valence-electron chi connectivity index (χ4n) is 1.71. The van der Waals surface area contributed by atoms with Crippen molar-refractivity contribution in [2.45, 2.75) is 58.3 Å². The van der Waals surface area contributed by atoms with E-state index in [9.17, 15) is 14.4 Å². The lowest BCUT2D eigenvalue weighted by atomic mass is 10.1. The molecular weight excluding hydrogens is 260 g/mol. The van der Waals surface area contributed by atoms with Gasteiger partial charge in [-0.25, -0.2) is 0 Å². The van der Waals surface area contributed by atoms with Gasteiger partial charge < -0.3 is 15.7 Å². The molecule has 3 N–H and O–H groups in total. The van der Waals surface area contributed by atoms with E-state index in [4.69, 9.17) is 5.11 Å². The van der Waals surface area contributed by atoms with Crippen molar-refractivity contribution in [3.05, 3.63) is 0 Å². The topological polar surface area (TPSA) is 95.5 Å². The molecule has 116 valence electrons. The molecule has 20 heavy (non-hydrogen) atoms. The molecule has 6 heteroatoms. The Morgan fingerprint density at radius 1 is 0.850 bits per heavy atom. The Labute approximate surface area is 120 Å². The van der Waals surface area contributed by atoms with Gasteiger partial charge in [-0.3, -0.25) is 14.4 Å². The molecule has 0 unspecified atom stereocenters. The van der Waals surface area contributed by atoms with E-state index in [1.807, 2.05) is 0 Å². The molecule has 2 amide bonds. The number of hydrogen-bond acceptors (Lipinski definition) is 3. The number of carboxylic acid groups (broad SMARTS) is 1. The van der Waals surface area contributed by atoms with Crippen LogP contribution >= 0.6 is 0 Å². The number of carbonyl (C=O) groups is 3. The van der Waals surface area contributed by atoms with E-state index in [-0.39, 0.29) is 18.7 Å². The molecule has 6 nitrogen and oxygen atoms in total. The molecule has 0 aliphatic carbocycles. The monoisotopic (exact) mass is 286 g/mol. The van der Waals surface area contributed by atoms with Gasteiger partial charge in [-0.2, -0.15) is 0 Å². The highest BCUT2D eigenvalue weighted by molar-refractivity contribution is 5.85. The minimum atomic E-state index is -1.09. The van der Waals surface area contributed by atoms with E-state index in [1.165, 1.54) is 25.7 Å². The summed E-state index contributed by atoms with van der Waals surface area (Å²) in [6, 6.07) is 0. The summed E-state index contributed by atoms with van der Waals surface area (Å²) in [6.45, 7) is 2.41. The molecule has 0 aromatic carbocycles. The lowest BCUT2D eigenvalue weighted by molar-refractivity contribution is -0.138. The summed E-state index contributed by atoms with van der Waals surface area (Å²) < 4.78 is 0. The molecule has 0 atom stereocenters. The molecule has 0 aromatic heterocycles. The molecule has 0 aliphatic heterocycles. The fourth-order valence-corrected chi connectivity index (χ4v) is 1.71. The van der Waals surface area contributed by atoms with Crippen molar-refractivity contribution in [1.29, 1.82) is 0 Å². The van der Waals surface area contributed by atoms with Crippen LogP contribution in [-0.4, -0.2) is 36.0 Å². The second-order valence-electron chi connectivity index (χ2n) is 4.79. The Bertz CT molecular complexity index is 306. The number of amides is 2. The van der Waals surface area contributed by atoms with Gasteiger partial charge in [0.05, 0.1) is 0 Å². The third-order valence-corrected chi connectivity index (χ3v) is 2.87. The number of carbonyl (C=O) groups excluding carboxylic acids is 2. The van der Waals surface area contributed by atoms with Crippen LogP contribution in [-0.2, 0) is 14.4 Å². The van der Waals surface area contributed by atoms with Gasteiger partial charge in [0.1, 0.15) is 6.54 Å². The van der Waals surface area contributed by atoms with Crippen molar-refractivity contribution in [2.24, 2.45) is 0 Å². The Morgan fingerprint density at radius 2 is 1.40 bits per heavy atom. The summed E-state index contributed by atoms with van der Waals surface area (Å²) in [5.41, 5.74) is 0. The van der Waals surface area contributed by atoms with Gasteiger partial charge in [-0.15, -0.1) is 0 Å². The number of aliphatic carboxylic acids is 1. The first-order valence-corrected chi connectivity index (χ1v) is 7.31. The normalized spacial score (nSPS) is 10.1. The molecule has 0 saturated carbocycles. The average molecular weight is 286 g/mol. The predicted molar refractivity (Wildman–Crippen MR) is 76.3 cm³/mol. The Kier molecular flexibility index (Phi) is 11.5. The summed E-state index contributed by atoms with van der Waals surface area (Å²) in [5, 5.41) is 13.3. The summed E-state index contributed by atoms with van der Waals surface area (Å²) in [7, 11) is 0. The molecule has 0 aromatic rings. The summed E-state index contributed by atoms with van der Waals surface area (Å²) in [4.78, 5) is 32.8. The average Bonchev–Trinajstić information content (AvgIpc) is 2.41. The van der Waals surface area contributed by atoms with Gasteiger partial charge in [-0.05, 0) is 6.42 Å². The van der Waals surface area contributed by atoms with Crippen LogP contribution in [0.1, 0.15) is 58.3 Å². The lowest BCUT2D eigenvalue weighted by Crippen LogP contribution is -2.31. The van der Waals surface area contributed by atoms with Crippen LogP contribution in [0.25, 0.3) is 0 Å². The Balaban J connectivity index is 3.40. The molecule has 0 radical (unpaired) electrons. The van der Waals surface area contributed by atoms with Crippen LogP contribution in [0.2, 0.25) is 0 Å². The number of rotatable bonds is 12. The van der Waals surface area contributed by atoms with Crippen LogP contribution in [0.5, 0.6) is 0 Å². The highest BCUT2D eigenvalue weighted by Crippen LogP contribution is 2.04. The van der Waals surface area contributed by atoms with Crippen molar-refractivity contribution >= 4 is 17.8 Å². The first-order chi connectivity index (χ1) is 9.56. The van der Waals surface area contributed by atoms with Crippen LogP contribution in [0.4, 0.5) is 0 Å². The number of hydrogen-bond donors (Lipinski definition) is 3. The highest BCUT2D eigenvalue weighted by Gasteiger charge is 2.07. The van der Waals surface area contributed by atoms with Gasteiger partial charge in [0, 0.05) is 19.4 Å². The summed E-state index contributed by atoms with van der Waals surface area (Å²) in [6.07, 6.45) is 7.12. The first kappa shape index (κ1) is 18.4. The third kappa shape index (κ3) is 12.9. The van der Waals surface area contributed by atoms with E-state index in [0.717, 1.165) is 12.8 Å². The molecule has 0 rings (SSSR count). The molecule has 0 fully saturated rings. The largest absolute Gasteiger partial charge is 0.480 e. The van der Waals surface area contributed by atoms with Gasteiger partial charge in [0.15, 0.2) is 0 Å². The SMILES string of the molecule is CCCCCCCCNC(=O)CCC(=O)NCC(=O)O. The van der Waals surface area contributed by atoms with Crippen LogP contribution in [0.15, 0.2) is 0 Å². The Morgan fingerprint density at radius 3 is 2.00 bits per heavy atom. The number of unbranched alkanes of at least 4 members (excludes halogenated alkanes) is 5. The summed E-state index contributed by atoms with van der Waals surface area (Å²) in [5.74, 6) is -1.67. The fraction of sp³-hybridized carbons (Fsp3) is 0.786. The van der Waals surface area contributed by atoms with Crippen molar-refractivity contribution in [1.82, 2.24) is 10.6 Å². The van der Waals surface area contributed by atoms with Crippen LogP contribution < -0.4 is 10.6 Å². The van der Waals surface area contributed by atoms with Crippen LogP contribution in [0, 0.1) is 0 Å². The van der Waals surface area contributed by atoms with Crippen molar-refractivity contribution in [3.8, 4) is 0 Å². The predicted octanol–water partition coefficient (Wildman–Crippen LogP) is 1.44. The van der Waals surface area contributed by atoms with E-state index in [0.29, 0.717) is 6.54 Å².